The molecule has 1 unspecified atom stereocenters. The van der Waals surface area contributed by atoms with E-state index in [1.807, 2.05) is 6.07 Å². The number of anilines is 1. The number of benzene rings is 1. The van der Waals surface area contributed by atoms with Crippen LogP contribution in [0.1, 0.15) is 26.7 Å². The summed E-state index contributed by atoms with van der Waals surface area (Å²) in [5.74, 6) is -0.835. The molecule has 1 aromatic rings. The van der Waals surface area contributed by atoms with Gasteiger partial charge in [0, 0.05) is 25.3 Å². The Morgan fingerprint density at radius 3 is 2.77 bits per heavy atom. The normalized spacial score (nSPS) is 11.6. The van der Waals surface area contributed by atoms with Gasteiger partial charge in [-0.25, -0.2) is 4.79 Å². The van der Waals surface area contributed by atoms with E-state index in [2.05, 4.69) is 12.2 Å². The van der Waals surface area contributed by atoms with E-state index >= 15 is 0 Å². The minimum atomic E-state index is -0.925. The second kappa shape index (κ2) is 8.92. The summed E-state index contributed by atoms with van der Waals surface area (Å²) in [7, 11) is 1.57. The number of nitrogens with one attached hydrogen (secondary N) is 1. The molecule has 6 nitrogen and oxygen atoms in total. The lowest BCUT2D eigenvalue weighted by atomic mass is 10.2. The summed E-state index contributed by atoms with van der Waals surface area (Å²) in [4.78, 5) is 24.2. The fourth-order valence-corrected chi connectivity index (χ4v) is 1.79. The molecule has 2 N–H and O–H groups in total. The molecule has 22 heavy (non-hydrogen) atoms. The molecule has 2 amide bonds. The molecule has 1 aromatic carbocycles. The third-order valence-corrected chi connectivity index (χ3v) is 3.17. The third-order valence-electron chi connectivity index (χ3n) is 3.17. The van der Waals surface area contributed by atoms with Crippen LogP contribution in [0.15, 0.2) is 24.3 Å². The minimum Gasteiger partial charge on any atom is -0.494 e. The van der Waals surface area contributed by atoms with Crippen molar-refractivity contribution in [1.82, 2.24) is 4.90 Å². The van der Waals surface area contributed by atoms with Gasteiger partial charge in [-0.05, 0) is 18.6 Å². The molecule has 0 bridgehead atoms. The number of hydrogen-bond acceptors (Lipinski definition) is 3. The van der Waals surface area contributed by atoms with E-state index in [1.165, 1.54) is 4.90 Å². The summed E-state index contributed by atoms with van der Waals surface area (Å²) in [5, 5.41) is 11.6. The molecular weight excluding hydrogens is 284 g/mol. The van der Waals surface area contributed by atoms with Crippen molar-refractivity contribution in [3.05, 3.63) is 24.3 Å². The zero-order chi connectivity index (χ0) is 16.5. The molecule has 0 aliphatic heterocycles. The first-order valence-corrected chi connectivity index (χ1v) is 7.41. The van der Waals surface area contributed by atoms with Crippen LogP contribution in [0, 0.1) is 5.92 Å². The van der Waals surface area contributed by atoms with Crippen LogP contribution in [0.25, 0.3) is 0 Å². The SMILES string of the molecule is CCCCOc1cccc(NC(=O)N(C)CC(C)C(=O)O)c1. The largest absolute Gasteiger partial charge is 0.494 e. The number of carboxylic acid groups (broad SMARTS) is 1. The fourth-order valence-electron chi connectivity index (χ4n) is 1.79. The maximum Gasteiger partial charge on any atom is 0.321 e. The van der Waals surface area contributed by atoms with Gasteiger partial charge in [0.25, 0.3) is 0 Å². The van der Waals surface area contributed by atoms with Gasteiger partial charge in [-0.3, -0.25) is 4.79 Å². The molecule has 6 heteroatoms. The van der Waals surface area contributed by atoms with Gasteiger partial charge in [-0.1, -0.05) is 26.3 Å². The third kappa shape index (κ3) is 6.03. The molecular formula is C16H24N2O4. The fraction of sp³-hybridized carbons (Fsp3) is 0.500. The standard InChI is InChI=1S/C16H24N2O4/c1-4-5-9-22-14-8-6-7-13(10-14)17-16(21)18(3)11-12(2)15(19)20/h6-8,10,12H,4-5,9,11H2,1-3H3,(H,17,21)(H,19,20). The number of rotatable bonds is 8. The van der Waals surface area contributed by atoms with Crippen molar-refractivity contribution in [1.29, 1.82) is 0 Å². The van der Waals surface area contributed by atoms with Gasteiger partial charge < -0.3 is 20.1 Å². The van der Waals surface area contributed by atoms with Crippen molar-refractivity contribution in [3.8, 4) is 5.75 Å². The predicted octanol–water partition coefficient (Wildman–Crippen LogP) is 3.05. The van der Waals surface area contributed by atoms with Crippen molar-refractivity contribution in [2.75, 3.05) is 25.5 Å². The second-order valence-electron chi connectivity index (χ2n) is 5.28. The number of unbranched alkanes of at least 4 members (excludes halogenated alkanes) is 1. The smallest absolute Gasteiger partial charge is 0.321 e. The summed E-state index contributed by atoms with van der Waals surface area (Å²) in [5.41, 5.74) is 0.619. The van der Waals surface area contributed by atoms with Gasteiger partial charge in [0.1, 0.15) is 5.75 Å². The van der Waals surface area contributed by atoms with E-state index in [9.17, 15) is 9.59 Å². The minimum absolute atomic E-state index is 0.147. The lowest BCUT2D eigenvalue weighted by Gasteiger charge is -2.20. The lowest BCUT2D eigenvalue weighted by Crippen LogP contribution is -2.36. The van der Waals surface area contributed by atoms with Crippen LogP contribution in [0.3, 0.4) is 0 Å². The zero-order valence-electron chi connectivity index (χ0n) is 13.3. The maximum absolute atomic E-state index is 12.0. The van der Waals surface area contributed by atoms with Gasteiger partial charge in [-0.15, -0.1) is 0 Å². The van der Waals surface area contributed by atoms with E-state index in [4.69, 9.17) is 9.84 Å². The number of hydrogen-bond donors (Lipinski definition) is 2. The quantitative estimate of drug-likeness (QED) is 0.723. The van der Waals surface area contributed by atoms with Crippen LogP contribution in [0.5, 0.6) is 5.75 Å². The highest BCUT2D eigenvalue weighted by Crippen LogP contribution is 2.18. The summed E-state index contributed by atoms with van der Waals surface area (Å²) in [6, 6.07) is 6.80. The highest BCUT2D eigenvalue weighted by atomic mass is 16.5. The van der Waals surface area contributed by atoms with Gasteiger partial charge in [-0.2, -0.15) is 0 Å². The average molecular weight is 308 g/mol. The van der Waals surface area contributed by atoms with E-state index in [0.29, 0.717) is 18.0 Å². The van der Waals surface area contributed by atoms with Crippen LogP contribution in [-0.4, -0.2) is 42.2 Å². The number of carbonyl (C=O) groups is 2. The van der Waals surface area contributed by atoms with Crippen LogP contribution in [0.4, 0.5) is 10.5 Å². The Morgan fingerprint density at radius 2 is 2.14 bits per heavy atom. The predicted molar refractivity (Wildman–Crippen MR) is 85.3 cm³/mol. The molecule has 0 saturated carbocycles. The van der Waals surface area contributed by atoms with E-state index in [-0.39, 0.29) is 12.6 Å². The molecule has 122 valence electrons. The average Bonchev–Trinajstić information content (AvgIpc) is 2.47. The number of aliphatic carboxylic acids is 1. The monoisotopic (exact) mass is 308 g/mol. The highest BCUT2D eigenvalue weighted by Gasteiger charge is 2.17. The number of carbonyl (C=O) groups excluding carboxylic acids is 1. The maximum atomic E-state index is 12.0. The Kier molecular flexibility index (Phi) is 7.22. The van der Waals surface area contributed by atoms with Gasteiger partial charge >= 0.3 is 12.0 Å². The van der Waals surface area contributed by atoms with Crippen molar-refractivity contribution in [2.24, 2.45) is 5.92 Å². The molecule has 0 saturated heterocycles. The van der Waals surface area contributed by atoms with E-state index in [1.54, 1.807) is 32.2 Å². The Hall–Kier alpha value is -2.24. The number of urea groups is 1. The first kappa shape index (κ1) is 17.8. The number of carboxylic acids is 1. The Labute approximate surface area is 131 Å². The van der Waals surface area contributed by atoms with Crippen molar-refractivity contribution < 1.29 is 19.4 Å². The lowest BCUT2D eigenvalue weighted by molar-refractivity contribution is -0.141. The van der Waals surface area contributed by atoms with E-state index in [0.717, 1.165) is 12.8 Å². The molecule has 0 radical (unpaired) electrons. The summed E-state index contributed by atoms with van der Waals surface area (Å²) >= 11 is 0. The topological polar surface area (TPSA) is 78.9 Å². The summed E-state index contributed by atoms with van der Waals surface area (Å²) in [6.07, 6.45) is 2.04. The van der Waals surface area contributed by atoms with Gasteiger partial charge in [0.15, 0.2) is 0 Å². The molecule has 0 aromatic heterocycles. The van der Waals surface area contributed by atoms with Crippen LogP contribution in [0.2, 0.25) is 0 Å². The van der Waals surface area contributed by atoms with Crippen LogP contribution in [-0.2, 0) is 4.79 Å². The zero-order valence-corrected chi connectivity index (χ0v) is 13.3. The van der Waals surface area contributed by atoms with Crippen LogP contribution >= 0.6 is 0 Å². The molecule has 0 heterocycles. The van der Waals surface area contributed by atoms with Crippen LogP contribution < -0.4 is 10.1 Å². The number of nitrogens with zero attached hydrogens (tertiary/aromatic N) is 1. The molecule has 0 fully saturated rings. The molecule has 0 aliphatic carbocycles. The Balaban J connectivity index is 2.56. The summed E-state index contributed by atoms with van der Waals surface area (Å²) < 4.78 is 5.58. The van der Waals surface area contributed by atoms with Crippen molar-refractivity contribution in [2.45, 2.75) is 26.7 Å². The van der Waals surface area contributed by atoms with Crippen molar-refractivity contribution in [3.63, 3.8) is 0 Å². The van der Waals surface area contributed by atoms with E-state index < -0.39 is 11.9 Å². The van der Waals surface area contributed by atoms with Crippen molar-refractivity contribution >= 4 is 17.7 Å². The first-order chi connectivity index (χ1) is 10.4. The molecule has 0 spiro atoms. The first-order valence-electron chi connectivity index (χ1n) is 7.41. The molecule has 0 aliphatic rings. The Bertz CT molecular complexity index is 505. The molecule has 1 atom stereocenters. The summed E-state index contributed by atoms with van der Waals surface area (Å²) in [6.45, 7) is 4.44. The second-order valence-corrected chi connectivity index (χ2v) is 5.28. The van der Waals surface area contributed by atoms with Gasteiger partial charge in [0.2, 0.25) is 0 Å². The molecule has 1 rings (SSSR count). The Morgan fingerprint density at radius 1 is 1.41 bits per heavy atom. The highest BCUT2D eigenvalue weighted by molar-refractivity contribution is 5.89. The van der Waals surface area contributed by atoms with Gasteiger partial charge in [0.05, 0.1) is 12.5 Å². The number of ether oxygens (including phenoxy) is 1. The number of amides is 2.